The highest BCUT2D eigenvalue weighted by molar-refractivity contribution is 9.10. The van der Waals surface area contributed by atoms with E-state index in [1.165, 1.54) is 23.7 Å². The molecule has 0 radical (unpaired) electrons. The number of hydrogen-bond acceptors (Lipinski definition) is 7. The second kappa shape index (κ2) is 7.61. The van der Waals surface area contributed by atoms with Crippen LogP contribution in [0.1, 0.15) is 4.88 Å². The Morgan fingerprint density at radius 3 is 3.10 bits per heavy atom. The fourth-order valence-corrected chi connectivity index (χ4v) is 3.43. The number of rotatable bonds is 6. The van der Waals surface area contributed by atoms with Gasteiger partial charge in [0.15, 0.2) is 0 Å². The average molecular weight is 374 g/mol. The van der Waals surface area contributed by atoms with Crippen molar-refractivity contribution < 1.29 is 9.53 Å². The SMILES string of the molecule is COC(=O)CSc1cncc(NCc2sccc2Br)n1. The van der Waals surface area contributed by atoms with Gasteiger partial charge in [-0.3, -0.25) is 9.78 Å². The van der Waals surface area contributed by atoms with Crippen molar-refractivity contribution in [2.75, 3.05) is 18.2 Å². The molecule has 2 rings (SSSR count). The highest BCUT2D eigenvalue weighted by Gasteiger charge is 2.06. The number of ether oxygens (including phenoxy) is 1. The topological polar surface area (TPSA) is 64.1 Å². The van der Waals surface area contributed by atoms with Crippen molar-refractivity contribution in [2.24, 2.45) is 0 Å². The molecule has 0 aromatic carbocycles. The van der Waals surface area contributed by atoms with E-state index >= 15 is 0 Å². The molecule has 2 heterocycles. The van der Waals surface area contributed by atoms with Crippen LogP contribution in [0.2, 0.25) is 0 Å². The monoisotopic (exact) mass is 373 g/mol. The number of nitrogens with zero attached hydrogens (tertiary/aromatic N) is 2. The molecule has 2 aromatic heterocycles. The number of carbonyl (C=O) groups is 1. The average Bonchev–Trinajstić information content (AvgIpc) is 2.88. The maximum Gasteiger partial charge on any atom is 0.316 e. The zero-order valence-electron chi connectivity index (χ0n) is 10.6. The zero-order valence-corrected chi connectivity index (χ0v) is 13.8. The second-order valence-corrected chi connectivity index (χ2v) is 6.50. The Labute approximate surface area is 133 Å². The van der Waals surface area contributed by atoms with Gasteiger partial charge in [0.05, 0.1) is 31.8 Å². The van der Waals surface area contributed by atoms with E-state index in [0.29, 0.717) is 17.4 Å². The first-order valence-electron chi connectivity index (χ1n) is 5.66. The Hall–Kier alpha value is -1.12. The van der Waals surface area contributed by atoms with Crippen molar-refractivity contribution in [2.45, 2.75) is 11.6 Å². The molecule has 20 heavy (non-hydrogen) atoms. The lowest BCUT2D eigenvalue weighted by molar-refractivity contribution is -0.137. The van der Waals surface area contributed by atoms with Gasteiger partial charge in [-0.15, -0.1) is 11.3 Å². The van der Waals surface area contributed by atoms with Crippen molar-refractivity contribution in [3.8, 4) is 0 Å². The molecule has 0 saturated heterocycles. The minimum absolute atomic E-state index is 0.227. The molecule has 0 aliphatic heterocycles. The molecular weight excluding hydrogens is 362 g/mol. The summed E-state index contributed by atoms with van der Waals surface area (Å²) in [7, 11) is 1.37. The molecule has 0 atom stereocenters. The molecule has 0 aliphatic rings. The lowest BCUT2D eigenvalue weighted by atomic mass is 10.4. The van der Waals surface area contributed by atoms with E-state index in [-0.39, 0.29) is 11.7 Å². The quantitative estimate of drug-likeness (QED) is 0.619. The van der Waals surface area contributed by atoms with Crippen molar-refractivity contribution >= 4 is 50.8 Å². The fourth-order valence-electron chi connectivity index (χ4n) is 1.32. The van der Waals surface area contributed by atoms with Crippen LogP contribution in [-0.2, 0) is 16.1 Å². The smallest absolute Gasteiger partial charge is 0.316 e. The summed E-state index contributed by atoms with van der Waals surface area (Å²) in [4.78, 5) is 20.8. The van der Waals surface area contributed by atoms with E-state index < -0.39 is 0 Å². The van der Waals surface area contributed by atoms with Crippen LogP contribution in [0.3, 0.4) is 0 Å². The van der Waals surface area contributed by atoms with Crippen LogP contribution in [-0.4, -0.2) is 28.8 Å². The largest absolute Gasteiger partial charge is 0.468 e. The second-order valence-electron chi connectivity index (χ2n) is 3.65. The third kappa shape index (κ3) is 4.46. The number of esters is 1. The molecule has 1 N–H and O–H groups in total. The molecule has 0 fully saturated rings. The van der Waals surface area contributed by atoms with Gasteiger partial charge in [-0.1, -0.05) is 11.8 Å². The van der Waals surface area contributed by atoms with Gasteiger partial charge in [-0.05, 0) is 27.4 Å². The Morgan fingerprint density at radius 1 is 1.55 bits per heavy atom. The van der Waals surface area contributed by atoms with Gasteiger partial charge >= 0.3 is 5.97 Å². The standard InChI is InChI=1S/C12H12BrN3O2S2/c1-18-12(17)7-20-11-6-14-5-10(16-11)15-4-9-8(13)2-3-19-9/h2-3,5-6H,4,7H2,1H3,(H,15,16). The number of hydrogen-bond donors (Lipinski definition) is 1. The molecule has 0 spiro atoms. The van der Waals surface area contributed by atoms with Crippen molar-refractivity contribution in [3.63, 3.8) is 0 Å². The predicted octanol–water partition coefficient (Wildman–Crippen LogP) is 3.18. The number of carbonyl (C=O) groups excluding carboxylic acids is 1. The maximum absolute atomic E-state index is 11.1. The Morgan fingerprint density at radius 2 is 2.40 bits per heavy atom. The number of aromatic nitrogens is 2. The van der Waals surface area contributed by atoms with Crippen LogP contribution < -0.4 is 5.32 Å². The molecule has 0 aliphatic carbocycles. The van der Waals surface area contributed by atoms with E-state index in [0.717, 1.165) is 4.47 Å². The molecule has 0 unspecified atom stereocenters. The van der Waals surface area contributed by atoms with Gasteiger partial charge in [0.25, 0.3) is 0 Å². The summed E-state index contributed by atoms with van der Waals surface area (Å²) < 4.78 is 5.67. The number of anilines is 1. The number of thioether (sulfide) groups is 1. The minimum Gasteiger partial charge on any atom is -0.468 e. The highest BCUT2D eigenvalue weighted by atomic mass is 79.9. The van der Waals surface area contributed by atoms with Gasteiger partial charge in [-0.2, -0.15) is 0 Å². The summed E-state index contributed by atoms with van der Waals surface area (Å²) in [6, 6.07) is 2.01. The molecular formula is C12H12BrN3O2S2. The molecule has 0 amide bonds. The lowest BCUT2D eigenvalue weighted by Gasteiger charge is -2.06. The Kier molecular flexibility index (Phi) is 5.81. The van der Waals surface area contributed by atoms with Crippen molar-refractivity contribution in [3.05, 3.63) is 33.2 Å². The van der Waals surface area contributed by atoms with Crippen LogP contribution in [0.25, 0.3) is 0 Å². The third-order valence-electron chi connectivity index (χ3n) is 2.30. The summed E-state index contributed by atoms with van der Waals surface area (Å²) in [5, 5.41) is 5.92. The number of halogens is 1. The summed E-state index contributed by atoms with van der Waals surface area (Å²) in [5.74, 6) is 0.628. The van der Waals surface area contributed by atoms with Crippen molar-refractivity contribution in [1.82, 2.24) is 9.97 Å². The maximum atomic E-state index is 11.1. The normalized spacial score (nSPS) is 10.3. The molecule has 2 aromatic rings. The molecule has 5 nitrogen and oxygen atoms in total. The van der Waals surface area contributed by atoms with Crippen LogP contribution in [0, 0.1) is 0 Å². The van der Waals surface area contributed by atoms with Gasteiger partial charge in [0.2, 0.25) is 0 Å². The van der Waals surface area contributed by atoms with E-state index in [1.54, 1.807) is 23.7 Å². The molecule has 0 bridgehead atoms. The van der Waals surface area contributed by atoms with Gasteiger partial charge < -0.3 is 10.1 Å². The summed E-state index contributed by atoms with van der Waals surface area (Å²) >= 11 is 6.45. The van der Waals surface area contributed by atoms with E-state index in [9.17, 15) is 4.79 Å². The summed E-state index contributed by atoms with van der Waals surface area (Å²) in [6.07, 6.45) is 3.28. The number of nitrogens with one attached hydrogen (secondary N) is 1. The van der Waals surface area contributed by atoms with E-state index in [4.69, 9.17) is 0 Å². The van der Waals surface area contributed by atoms with Gasteiger partial charge in [0.1, 0.15) is 10.8 Å². The van der Waals surface area contributed by atoms with Gasteiger partial charge in [-0.25, -0.2) is 4.98 Å². The third-order valence-corrected chi connectivity index (χ3v) is 5.10. The first kappa shape index (κ1) is 15.3. The first-order valence-corrected chi connectivity index (χ1v) is 8.32. The Balaban J connectivity index is 1.92. The molecule has 8 heteroatoms. The number of thiophene rings is 1. The minimum atomic E-state index is -0.280. The fraction of sp³-hybridized carbons (Fsp3) is 0.250. The highest BCUT2D eigenvalue weighted by Crippen LogP contribution is 2.23. The predicted molar refractivity (Wildman–Crippen MR) is 84.1 cm³/mol. The van der Waals surface area contributed by atoms with Gasteiger partial charge in [0, 0.05) is 9.35 Å². The van der Waals surface area contributed by atoms with E-state index in [2.05, 4.69) is 36.0 Å². The summed E-state index contributed by atoms with van der Waals surface area (Å²) in [6.45, 7) is 0.679. The molecule has 0 saturated carbocycles. The van der Waals surface area contributed by atoms with E-state index in [1.807, 2.05) is 11.4 Å². The first-order chi connectivity index (χ1) is 9.69. The lowest BCUT2D eigenvalue weighted by Crippen LogP contribution is -2.04. The van der Waals surface area contributed by atoms with Crippen molar-refractivity contribution in [1.29, 1.82) is 0 Å². The molecule has 106 valence electrons. The van der Waals surface area contributed by atoms with Crippen LogP contribution >= 0.6 is 39.0 Å². The van der Waals surface area contributed by atoms with Crippen LogP contribution in [0.5, 0.6) is 0 Å². The number of methoxy groups -OCH3 is 1. The van der Waals surface area contributed by atoms with Crippen LogP contribution in [0.4, 0.5) is 5.82 Å². The van der Waals surface area contributed by atoms with Crippen LogP contribution in [0.15, 0.2) is 33.3 Å². The zero-order chi connectivity index (χ0) is 14.4. The summed E-state index contributed by atoms with van der Waals surface area (Å²) in [5.41, 5.74) is 0. The Bertz CT molecular complexity index is 592.